The zero-order chi connectivity index (χ0) is 11.5. The Bertz CT molecular complexity index is 327. The van der Waals surface area contributed by atoms with Crippen molar-refractivity contribution in [2.24, 2.45) is 5.92 Å². The van der Waals surface area contributed by atoms with Crippen LogP contribution in [-0.2, 0) is 12.8 Å². The van der Waals surface area contributed by atoms with E-state index in [4.69, 9.17) is 0 Å². The number of hydrogen-bond acceptors (Lipinski definition) is 2. The van der Waals surface area contributed by atoms with Crippen LogP contribution in [0.3, 0.4) is 0 Å². The monoisotopic (exact) mass is 220 g/mol. The number of rotatable bonds is 5. The largest absolute Gasteiger partial charge is 0.390 e. The first-order chi connectivity index (χ1) is 7.70. The van der Waals surface area contributed by atoms with Crippen molar-refractivity contribution in [2.45, 2.75) is 44.8 Å². The minimum absolute atomic E-state index is 0.338. The fourth-order valence-electron chi connectivity index (χ4n) is 2.03. The quantitative estimate of drug-likeness (QED) is 0.796. The smallest absolute Gasteiger partial charge is 0.0842 e. The van der Waals surface area contributed by atoms with E-state index in [9.17, 15) is 10.2 Å². The molecule has 0 bridgehead atoms. The van der Waals surface area contributed by atoms with Crippen molar-refractivity contribution in [3.63, 3.8) is 0 Å². The van der Waals surface area contributed by atoms with E-state index in [1.807, 2.05) is 12.1 Å². The van der Waals surface area contributed by atoms with Gasteiger partial charge < -0.3 is 10.2 Å². The van der Waals surface area contributed by atoms with Gasteiger partial charge in [-0.05, 0) is 36.3 Å². The molecule has 2 rings (SSSR count). The van der Waals surface area contributed by atoms with Gasteiger partial charge in [-0.3, -0.25) is 0 Å². The summed E-state index contributed by atoms with van der Waals surface area (Å²) in [5.74, 6) is 0.338. The molecule has 2 heteroatoms. The van der Waals surface area contributed by atoms with Crippen LogP contribution in [-0.4, -0.2) is 22.4 Å². The van der Waals surface area contributed by atoms with E-state index < -0.39 is 12.2 Å². The zero-order valence-electron chi connectivity index (χ0n) is 9.76. The Morgan fingerprint density at radius 2 is 1.69 bits per heavy atom. The maximum Gasteiger partial charge on any atom is 0.0842 e. The molecule has 1 fully saturated rings. The van der Waals surface area contributed by atoms with Crippen molar-refractivity contribution in [2.75, 3.05) is 0 Å². The molecule has 0 amide bonds. The van der Waals surface area contributed by atoms with Crippen LogP contribution in [0.25, 0.3) is 0 Å². The minimum atomic E-state index is -0.611. The van der Waals surface area contributed by atoms with E-state index in [1.165, 1.54) is 5.56 Å². The Morgan fingerprint density at radius 3 is 2.19 bits per heavy atom. The number of hydrogen-bond donors (Lipinski definition) is 2. The predicted molar refractivity (Wildman–Crippen MR) is 64.3 cm³/mol. The van der Waals surface area contributed by atoms with Crippen molar-refractivity contribution in [3.8, 4) is 0 Å². The molecule has 16 heavy (non-hydrogen) atoms. The van der Waals surface area contributed by atoms with E-state index in [0.717, 1.165) is 24.8 Å². The summed E-state index contributed by atoms with van der Waals surface area (Å²) in [6, 6.07) is 8.26. The first-order valence-electron chi connectivity index (χ1n) is 6.14. The van der Waals surface area contributed by atoms with Gasteiger partial charge in [0.05, 0.1) is 12.2 Å². The van der Waals surface area contributed by atoms with E-state index in [2.05, 4.69) is 19.1 Å². The van der Waals surface area contributed by atoms with Crippen LogP contribution in [0.4, 0.5) is 0 Å². The number of benzene rings is 1. The van der Waals surface area contributed by atoms with Crippen LogP contribution in [0, 0.1) is 5.92 Å². The van der Waals surface area contributed by atoms with Crippen LogP contribution in [0.1, 0.15) is 30.9 Å². The van der Waals surface area contributed by atoms with Gasteiger partial charge >= 0.3 is 0 Å². The van der Waals surface area contributed by atoms with E-state index in [0.29, 0.717) is 12.3 Å². The molecular weight excluding hydrogens is 200 g/mol. The Morgan fingerprint density at radius 1 is 1.12 bits per heavy atom. The molecule has 0 heterocycles. The first kappa shape index (κ1) is 11.6. The Kier molecular flexibility index (Phi) is 3.62. The van der Waals surface area contributed by atoms with E-state index in [-0.39, 0.29) is 0 Å². The van der Waals surface area contributed by atoms with E-state index in [1.54, 1.807) is 0 Å². The summed E-state index contributed by atoms with van der Waals surface area (Å²) in [5.41, 5.74) is 2.41. The highest BCUT2D eigenvalue weighted by atomic mass is 16.3. The van der Waals surface area contributed by atoms with Crippen LogP contribution in [0.15, 0.2) is 24.3 Å². The topological polar surface area (TPSA) is 40.5 Å². The lowest BCUT2D eigenvalue weighted by Crippen LogP contribution is -2.29. The average Bonchev–Trinajstić information content (AvgIpc) is 3.13. The van der Waals surface area contributed by atoms with Crippen molar-refractivity contribution >= 4 is 0 Å². The number of aliphatic hydroxyl groups excluding tert-OH is 2. The predicted octanol–water partition coefficient (Wildman–Crippen LogP) is 1.92. The van der Waals surface area contributed by atoms with Crippen LogP contribution in [0.2, 0.25) is 0 Å². The van der Waals surface area contributed by atoms with Gasteiger partial charge in [0, 0.05) is 6.42 Å². The molecule has 2 unspecified atom stereocenters. The standard InChI is InChI=1S/C14H20O2/c1-2-10-3-5-11(6-4-10)9-13(15)14(16)12-7-8-12/h3-6,12-16H,2,7-9H2,1H3. The third kappa shape index (κ3) is 2.83. The fourth-order valence-corrected chi connectivity index (χ4v) is 2.03. The summed E-state index contributed by atoms with van der Waals surface area (Å²) in [7, 11) is 0. The summed E-state index contributed by atoms with van der Waals surface area (Å²) in [6.45, 7) is 2.13. The van der Waals surface area contributed by atoms with Gasteiger partial charge in [0.25, 0.3) is 0 Å². The van der Waals surface area contributed by atoms with Gasteiger partial charge in [-0.1, -0.05) is 31.2 Å². The molecule has 0 aliphatic heterocycles. The molecule has 1 saturated carbocycles. The van der Waals surface area contributed by atoms with Crippen molar-refractivity contribution in [1.82, 2.24) is 0 Å². The van der Waals surface area contributed by atoms with Crippen LogP contribution < -0.4 is 0 Å². The lowest BCUT2D eigenvalue weighted by molar-refractivity contribution is 0.00673. The molecule has 2 atom stereocenters. The van der Waals surface area contributed by atoms with Gasteiger partial charge in [-0.2, -0.15) is 0 Å². The van der Waals surface area contributed by atoms with Gasteiger partial charge in [-0.15, -0.1) is 0 Å². The van der Waals surface area contributed by atoms with Gasteiger partial charge in [0.2, 0.25) is 0 Å². The summed E-state index contributed by atoms with van der Waals surface area (Å²) in [4.78, 5) is 0. The normalized spacial score (nSPS) is 19.4. The maximum atomic E-state index is 9.86. The molecule has 0 spiro atoms. The Balaban J connectivity index is 1.91. The molecule has 0 aromatic heterocycles. The Labute approximate surface area is 96.9 Å². The zero-order valence-corrected chi connectivity index (χ0v) is 9.76. The second-order valence-corrected chi connectivity index (χ2v) is 4.77. The average molecular weight is 220 g/mol. The molecule has 2 nitrogen and oxygen atoms in total. The lowest BCUT2D eigenvalue weighted by Gasteiger charge is -2.17. The van der Waals surface area contributed by atoms with Gasteiger partial charge in [-0.25, -0.2) is 0 Å². The van der Waals surface area contributed by atoms with E-state index >= 15 is 0 Å². The fraction of sp³-hybridized carbons (Fsp3) is 0.571. The highest BCUT2D eigenvalue weighted by Crippen LogP contribution is 2.34. The second-order valence-electron chi connectivity index (χ2n) is 4.77. The summed E-state index contributed by atoms with van der Waals surface area (Å²) < 4.78 is 0. The summed E-state index contributed by atoms with van der Waals surface area (Å²) >= 11 is 0. The third-order valence-electron chi connectivity index (χ3n) is 3.38. The van der Waals surface area contributed by atoms with Crippen LogP contribution >= 0.6 is 0 Å². The SMILES string of the molecule is CCc1ccc(CC(O)C(O)C2CC2)cc1. The third-order valence-corrected chi connectivity index (χ3v) is 3.38. The molecule has 88 valence electrons. The van der Waals surface area contributed by atoms with Crippen molar-refractivity contribution < 1.29 is 10.2 Å². The maximum absolute atomic E-state index is 9.86. The molecule has 1 aliphatic rings. The summed E-state index contributed by atoms with van der Waals surface area (Å²) in [5, 5.41) is 19.6. The highest BCUT2D eigenvalue weighted by Gasteiger charge is 2.34. The van der Waals surface area contributed by atoms with Gasteiger partial charge in [0.1, 0.15) is 0 Å². The molecule has 0 saturated heterocycles. The van der Waals surface area contributed by atoms with Crippen molar-refractivity contribution in [3.05, 3.63) is 35.4 Å². The van der Waals surface area contributed by atoms with Crippen LogP contribution in [0.5, 0.6) is 0 Å². The van der Waals surface area contributed by atoms with Gasteiger partial charge in [0.15, 0.2) is 0 Å². The molecular formula is C14H20O2. The molecule has 2 N–H and O–H groups in total. The molecule has 1 aliphatic carbocycles. The second kappa shape index (κ2) is 4.98. The first-order valence-corrected chi connectivity index (χ1v) is 6.14. The minimum Gasteiger partial charge on any atom is -0.390 e. The highest BCUT2D eigenvalue weighted by molar-refractivity contribution is 5.23. The Hall–Kier alpha value is -0.860. The number of aliphatic hydroxyl groups is 2. The lowest BCUT2D eigenvalue weighted by atomic mass is 10.00. The molecule has 1 aromatic rings. The summed E-state index contributed by atoms with van der Waals surface area (Å²) in [6.07, 6.45) is 2.57. The molecule has 1 aromatic carbocycles. The number of aryl methyl sites for hydroxylation is 1. The van der Waals surface area contributed by atoms with Crippen molar-refractivity contribution in [1.29, 1.82) is 0 Å². The molecule has 0 radical (unpaired) electrons.